The fourth-order valence-corrected chi connectivity index (χ4v) is 5.86. The van der Waals surface area contributed by atoms with Crippen molar-refractivity contribution in [1.82, 2.24) is 25.2 Å². The zero-order valence-corrected chi connectivity index (χ0v) is 18.2. The number of aryl methyl sites for hydroxylation is 3. The SMILES string of the molecule is Cc1nnc([C@]23CCN(C(=O)Cc4c(C)noc4C)C[C@H]2CN(C2CCCC2)C3)o1. The summed E-state index contributed by atoms with van der Waals surface area (Å²) in [6.07, 6.45) is 6.42. The van der Waals surface area contributed by atoms with Crippen LogP contribution in [0, 0.1) is 26.7 Å². The molecule has 8 nitrogen and oxygen atoms in total. The van der Waals surface area contributed by atoms with Crippen LogP contribution in [0.4, 0.5) is 0 Å². The maximum atomic E-state index is 13.1. The third-order valence-corrected chi connectivity index (χ3v) is 7.65. The van der Waals surface area contributed by atoms with Crippen LogP contribution in [0.2, 0.25) is 0 Å². The molecule has 2 saturated heterocycles. The third kappa shape index (κ3) is 3.25. The van der Waals surface area contributed by atoms with E-state index in [9.17, 15) is 4.79 Å². The summed E-state index contributed by atoms with van der Waals surface area (Å²) in [6, 6.07) is 0.656. The molecule has 0 radical (unpaired) electrons. The van der Waals surface area contributed by atoms with Gasteiger partial charge in [0.1, 0.15) is 5.76 Å². The van der Waals surface area contributed by atoms with Gasteiger partial charge in [-0.05, 0) is 33.1 Å². The number of likely N-dealkylation sites (tertiary alicyclic amines) is 2. The van der Waals surface area contributed by atoms with Crippen molar-refractivity contribution in [3.05, 3.63) is 28.8 Å². The van der Waals surface area contributed by atoms with E-state index in [1.807, 2.05) is 25.7 Å². The molecule has 0 spiro atoms. The normalized spacial score (nSPS) is 27.7. The van der Waals surface area contributed by atoms with Crippen LogP contribution in [-0.2, 0) is 16.6 Å². The second kappa shape index (κ2) is 7.48. The van der Waals surface area contributed by atoms with E-state index in [0.29, 0.717) is 24.3 Å². The number of fused-ring (bicyclic) bond motifs is 1. The van der Waals surface area contributed by atoms with E-state index in [-0.39, 0.29) is 11.3 Å². The van der Waals surface area contributed by atoms with Gasteiger partial charge in [0.05, 0.1) is 17.5 Å². The van der Waals surface area contributed by atoms with E-state index in [0.717, 1.165) is 55.5 Å². The second-order valence-electron chi connectivity index (χ2n) is 9.42. The molecule has 4 heterocycles. The molecular formula is C22H31N5O3. The Morgan fingerprint density at radius 2 is 1.97 bits per heavy atom. The van der Waals surface area contributed by atoms with Crippen LogP contribution >= 0.6 is 0 Å². The van der Waals surface area contributed by atoms with Gasteiger partial charge in [0, 0.05) is 50.6 Å². The zero-order chi connectivity index (χ0) is 20.9. The quantitative estimate of drug-likeness (QED) is 0.761. The van der Waals surface area contributed by atoms with E-state index < -0.39 is 0 Å². The van der Waals surface area contributed by atoms with Crippen LogP contribution in [-0.4, -0.2) is 63.3 Å². The second-order valence-corrected chi connectivity index (χ2v) is 9.42. The number of rotatable bonds is 4. The average molecular weight is 414 g/mol. The van der Waals surface area contributed by atoms with Gasteiger partial charge in [-0.3, -0.25) is 9.69 Å². The van der Waals surface area contributed by atoms with E-state index in [4.69, 9.17) is 8.94 Å². The lowest BCUT2D eigenvalue weighted by Crippen LogP contribution is -2.51. The van der Waals surface area contributed by atoms with Crippen LogP contribution in [0.1, 0.15) is 60.9 Å². The maximum Gasteiger partial charge on any atom is 0.227 e. The largest absolute Gasteiger partial charge is 0.425 e. The molecule has 162 valence electrons. The van der Waals surface area contributed by atoms with E-state index >= 15 is 0 Å². The van der Waals surface area contributed by atoms with Gasteiger partial charge in [0.25, 0.3) is 0 Å². The summed E-state index contributed by atoms with van der Waals surface area (Å²) in [4.78, 5) is 17.8. The van der Waals surface area contributed by atoms with Crippen molar-refractivity contribution in [2.45, 2.75) is 70.8 Å². The minimum absolute atomic E-state index is 0.135. The molecule has 0 N–H and O–H groups in total. The summed E-state index contributed by atoms with van der Waals surface area (Å²) < 4.78 is 11.2. The lowest BCUT2D eigenvalue weighted by atomic mass is 9.72. The van der Waals surface area contributed by atoms with Gasteiger partial charge in [-0.15, -0.1) is 10.2 Å². The van der Waals surface area contributed by atoms with Crippen molar-refractivity contribution in [3.8, 4) is 0 Å². The molecule has 2 aliphatic heterocycles. The lowest BCUT2D eigenvalue weighted by Gasteiger charge is -2.41. The van der Waals surface area contributed by atoms with E-state index in [2.05, 4.69) is 20.3 Å². The van der Waals surface area contributed by atoms with Crippen LogP contribution in [0.5, 0.6) is 0 Å². The van der Waals surface area contributed by atoms with Gasteiger partial charge in [0.2, 0.25) is 17.7 Å². The standard InChI is InChI=1S/C22H31N5O3/c1-14-19(15(2)30-25-14)10-20(28)26-9-8-22(21-24-23-16(3)29-21)13-27(12-17(22)11-26)18-6-4-5-7-18/h17-18H,4-13H2,1-3H3/t17-,22-/m0/s1. The smallest absolute Gasteiger partial charge is 0.227 e. The highest BCUT2D eigenvalue weighted by atomic mass is 16.5. The Labute approximate surface area is 177 Å². The molecule has 30 heavy (non-hydrogen) atoms. The van der Waals surface area contributed by atoms with Gasteiger partial charge in [-0.1, -0.05) is 18.0 Å². The van der Waals surface area contributed by atoms with Crippen LogP contribution < -0.4 is 0 Å². The van der Waals surface area contributed by atoms with Gasteiger partial charge in [0.15, 0.2) is 0 Å². The number of piperidine rings is 1. The van der Waals surface area contributed by atoms with Crippen molar-refractivity contribution in [2.24, 2.45) is 5.92 Å². The Bertz CT molecular complexity index is 912. The van der Waals surface area contributed by atoms with Crippen molar-refractivity contribution in [1.29, 1.82) is 0 Å². The molecule has 2 atom stereocenters. The predicted molar refractivity (Wildman–Crippen MR) is 109 cm³/mol. The lowest BCUT2D eigenvalue weighted by molar-refractivity contribution is -0.133. The van der Waals surface area contributed by atoms with Crippen molar-refractivity contribution >= 4 is 5.91 Å². The van der Waals surface area contributed by atoms with Crippen molar-refractivity contribution in [2.75, 3.05) is 26.2 Å². The van der Waals surface area contributed by atoms with Crippen LogP contribution in [0.25, 0.3) is 0 Å². The summed E-state index contributed by atoms with van der Waals surface area (Å²) in [7, 11) is 0. The molecule has 3 fully saturated rings. The first-order valence-corrected chi connectivity index (χ1v) is 11.2. The maximum absolute atomic E-state index is 13.1. The predicted octanol–water partition coefficient (Wildman–Crippen LogP) is 2.57. The van der Waals surface area contributed by atoms with E-state index in [1.165, 1.54) is 25.7 Å². The molecule has 0 bridgehead atoms. The monoisotopic (exact) mass is 413 g/mol. The Morgan fingerprint density at radius 3 is 2.63 bits per heavy atom. The fourth-order valence-electron chi connectivity index (χ4n) is 5.86. The summed E-state index contributed by atoms with van der Waals surface area (Å²) >= 11 is 0. The number of amides is 1. The molecule has 0 unspecified atom stereocenters. The summed E-state index contributed by atoms with van der Waals surface area (Å²) in [5, 5.41) is 12.6. The van der Waals surface area contributed by atoms with Gasteiger partial charge < -0.3 is 13.8 Å². The van der Waals surface area contributed by atoms with Crippen molar-refractivity contribution in [3.63, 3.8) is 0 Å². The minimum Gasteiger partial charge on any atom is -0.425 e. The topological polar surface area (TPSA) is 88.5 Å². The van der Waals surface area contributed by atoms with E-state index in [1.54, 1.807) is 0 Å². The highest BCUT2D eigenvalue weighted by Crippen LogP contribution is 2.46. The molecule has 1 amide bonds. The Hall–Kier alpha value is -2.22. The van der Waals surface area contributed by atoms with Crippen LogP contribution in [0.15, 0.2) is 8.94 Å². The number of nitrogens with zero attached hydrogens (tertiary/aromatic N) is 5. The highest BCUT2D eigenvalue weighted by Gasteiger charge is 2.55. The molecule has 8 heteroatoms. The molecule has 1 aliphatic carbocycles. The molecule has 2 aromatic rings. The molecule has 3 aliphatic rings. The van der Waals surface area contributed by atoms with Crippen LogP contribution in [0.3, 0.4) is 0 Å². The highest BCUT2D eigenvalue weighted by molar-refractivity contribution is 5.79. The zero-order valence-electron chi connectivity index (χ0n) is 18.2. The Morgan fingerprint density at radius 1 is 1.17 bits per heavy atom. The first-order valence-electron chi connectivity index (χ1n) is 11.2. The molecule has 1 saturated carbocycles. The van der Waals surface area contributed by atoms with Crippen molar-refractivity contribution < 1.29 is 13.7 Å². The Balaban J connectivity index is 1.37. The minimum atomic E-state index is -0.135. The van der Waals surface area contributed by atoms with Gasteiger partial charge >= 0.3 is 0 Å². The number of hydrogen-bond acceptors (Lipinski definition) is 7. The first kappa shape index (κ1) is 19.7. The number of aromatic nitrogens is 3. The fraction of sp³-hybridized carbons (Fsp3) is 0.727. The summed E-state index contributed by atoms with van der Waals surface area (Å²) in [5.74, 6) is 2.60. The first-order chi connectivity index (χ1) is 14.5. The Kier molecular flexibility index (Phi) is 4.92. The number of hydrogen-bond donors (Lipinski definition) is 0. The molecule has 5 rings (SSSR count). The van der Waals surface area contributed by atoms with Gasteiger partial charge in [-0.25, -0.2) is 0 Å². The average Bonchev–Trinajstić information content (AvgIpc) is 3.51. The molecular weight excluding hydrogens is 382 g/mol. The third-order valence-electron chi connectivity index (χ3n) is 7.65. The molecule has 2 aromatic heterocycles. The number of carbonyl (C=O) groups excluding carboxylic acids is 1. The molecule has 0 aromatic carbocycles. The number of carbonyl (C=O) groups is 1. The summed E-state index contributed by atoms with van der Waals surface area (Å²) in [6.45, 7) is 9.06. The van der Waals surface area contributed by atoms with Gasteiger partial charge in [-0.2, -0.15) is 0 Å². The summed E-state index contributed by atoms with van der Waals surface area (Å²) in [5.41, 5.74) is 1.59.